The summed E-state index contributed by atoms with van der Waals surface area (Å²) in [6, 6.07) is 19.1. The van der Waals surface area contributed by atoms with Crippen molar-refractivity contribution in [3.8, 4) is 0 Å². The van der Waals surface area contributed by atoms with Crippen LogP contribution in [0.25, 0.3) is 0 Å². The third kappa shape index (κ3) is 3.54. The lowest BCUT2D eigenvalue weighted by molar-refractivity contribution is 0.734. The van der Waals surface area contributed by atoms with Gasteiger partial charge < -0.3 is 0 Å². The van der Waals surface area contributed by atoms with E-state index in [9.17, 15) is 0 Å². The minimum atomic E-state index is -0.734. The van der Waals surface area contributed by atoms with Crippen molar-refractivity contribution in [3.63, 3.8) is 0 Å². The molecule has 0 spiro atoms. The van der Waals surface area contributed by atoms with Crippen LogP contribution in [-0.2, 0) is 12.8 Å². The Hall–Kier alpha value is -1.56. The molecule has 0 heterocycles. The molecular formula is C16H18. The van der Waals surface area contributed by atoms with Crippen molar-refractivity contribution in [2.24, 2.45) is 0 Å². The van der Waals surface area contributed by atoms with Gasteiger partial charge in [-0.1, -0.05) is 60.7 Å². The van der Waals surface area contributed by atoms with Gasteiger partial charge in [-0.25, -0.2) is 0 Å². The van der Waals surface area contributed by atoms with Gasteiger partial charge in [0.25, 0.3) is 0 Å². The first-order valence-electron chi connectivity index (χ1n) is 7.27. The van der Waals surface area contributed by atoms with Gasteiger partial charge in [0.15, 0.2) is 0 Å². The minimum absolute atomic E-state index is 0.525. The zero-order valence-corrected chi connectivity index (χ0v) is 9.21. The van der Waals surface area contributed by atoms with Crippen LogP contribution in [0.1, 0.15) is 28.0 Å². The van der Waals surface area contributed by atoms with Gasteiger partial charge in [0.1, 0.15) is 0 Å². The maximum atomic E-state index is 8.11. The fourth-order valence-corrected chi connectivity index (χ4v) is 1.56. The first-order valence-corrected chi connectivity index (χ1v) is 5.54. The summed E-state index contributed by atoms with van der Waals surface area (Å²) in [5.74, 6) is 0. The van der Waals surface area contributed by atoms with Crippen LogP contribution in [0, 0.1) is 0 Å². The molecule has 0 aliphatic heterocycles. The second-order valence-electron chi connectivity index (χ2n) is 3.70. The fraction of sp³-hybridized carbons (Fsp3) is 0.250. The number of aryl methyl sites for hydroxylation is 2. The van der Waals surface area contributed by atoms with E-state index in [1.807, 2.05) is 60.7 Å². The van der Waals surface area contributed by atoms with Gasteiger partial charge in [-0.05, 0) is 36.7 Å². The second-order valence-corrected chi connectivity index (χ2v) is 3.70. The van der Waals surface area contributed by atoms with Crippen LogP contribution in [0.5, 0.6) is 0 Å². The maximum absolute atomic E-state index is 8.11. The first-order chi connectivity index (χ1) is 9.18. The quantitative estimate of drug-likeness (QED) is 0.696. The summed E-state index contributed by atoms with van der Waals surface area (Å²) in [5, 5.41) is 0. The number of benzene rings is 2. The average Bonchev–Trinajstić information content (AvgIpc) is 2.47. The largest absolute Gasteiger partial charge is 0.0622 e. The molecule has 0 saturated carbocycles. The van der Waals surface area contributed by atoms with E-state index in [2.05, 4.69) is 0 Å². The molecule has 0 amide bonds. The van der Waals surface area contributed by atoms with Crippen LogP contribution < -0.4 is 0 Å². The van der Waals surface area contributed by atoms with E-state index in [0.717, 1.165) is 11.1 Å². The molecule has 0 aliphatic rings. The molecule has 3 unspecified atom stereocenters. The molecule has 0 saturated heterocycles. The van der Waals surface area contributed by atoms with Gasteiger partial charge in [0.05, 0.1) is 0 Å². The van der Waals surface area contributed by atoms with E-state index >= 15 is 0 Å². The van der Waals surface area contributed by atoms with Gasteiger partial charge in [-0.3, -0.25) is 0 Å². The van der Waals surface area contributed by atoms with E-state index in [4.69, 9.17) is 4.11 Å². The molecule has 0 heteroatoms. The summed E-state index contributed by atoms with van der Waals surface area (Å²) in [4.78, 5) is 0. The highest BCUT2D eigenvalue weighted by Gasteiger charge is 1.94. The van der Waals surface area contributed by atoms with Gasteiger partial charge in [-0.2, -0.15) is 0 Å². The number of rotatable bonds is 5. The van der Waals surface area contributed by atoms with Crippen LogP contribution in [0.4, 0.5) is 0 Å². The normalized spacial score (nSPS) is 18.9. The molecule has 2 aromatic rings. The molecule has 3 atom stereocenters. The summed E-state index contributed by atoms with van der Waals surface area (Å²) >= 11 is 0. The monoisotopic (exact) mass is 213 g/mol. The van der Waals surface area contributed by atoms with E-state index in [1.165, 1.54) is 0 Å². The summed E-state index contributed by atoms with van der Waals surface area (Å²) in [6.45, 7) is 0. The summed E-state index contributed by atoms with van der Waals surface area (Å²) in [5.41, 5.74) is 1.87. The van der Waals surface area contributed by atoms with Crippen LogP contribution >= 0.6 is 0 Å². The second kappa shape index (κ2) is 6.12. The lowest BCUT2D eigenvalue weighted by Gasteiger charge is -2.02. The summed E-state index contributed by atoms with van der Waals surface area (Å²) in [6.07, 6.45) is -1.45. The Kier molecular flexibility index (Phi) is 2.93. The third-order valence-electron chi connectivity index (χ3n) is 2.42. The van der Waals surface area contributed by atoms with E-state index in [-0.39, 0.29) is 0 Å². The highest BCUT2D eigenvalue weighted by atomic mass is 14.0. The fourth-order valence-electron chi connectivity index (χ4n) is 1.56. The predicted octanol–water partition coefficient (Wildman–Crippen LogP) is 4.25. The summed E-state index contributed by atoms with van der Waals surface area (Å²) in [7, 11) is 0. The van der Waals surface area contributed by atoms with Crippen molar-refractivity contribution in [2.75, 3.05) is 0 Å². The zero-order chi connectivity index (χ0) is 13.7. The molecule has 0 radical (unpaired) electrons. The number of hydrogen-bond donors (Lipinski definition) is 0. The van der Waals surface area contributed by atoms with Crippen LogP contribution in [0.2, 0.25) is 0 Å². The van der Waals surface area contributed by atoms with Gasteiger partial charge in [0.2, 0.25) is 0 Å². The predicted molar refractivity (Wildman–Crippen MR) is 69.5 cm³/mol. The number of hydrogen-bond acceptors (Lipinski definition) is 0. The van der Waals surface area contributed by atoms with Crippen LogP contribution in [0.3, 0.4) is 0 Å². The first kappa shape index (κ1) is 7.67. The highest BCUT2D eigenvalue weighted by Crippen LogP contribution is 2.08. The SMILES string of the molecule is [2H]C(Cc1ccccc1)C([2H])C([2H])c1ccccc1. The highest BCUT2D eigenvalue weighted by molar-refractivity contribution is 5.16. The standard InChI is InChI=1S/C16H18/c1-3-9-15(10-4-1)13-7-8-14-16-11-5-2-6-12-16/h1-6,9-12H,7-8,13-14H2/i7D,8D,13D. The lowest BCUT2D eigenvalue weighted by atomic mass is 10.0. The lowest BCUT2D eigenvalue weighted by Crippen LogP contribution is -1.88. The Morgan fingerprint density at radius 3 is 1.88 bits per heavy atom. The maximum Gasteiger partial charge on any atom is 0.0316 e. The zero-order valence-electron chi connectivity index (χ0n) is 12.2. The topological polar surface area (TPSA) is 0 Å². The molecule has 0 bridgehead atoms. The van der Waals surface area contributed by atoms with E-state index < -0.39 is 19.2 Å². The molecule has 16 heavy (non-hydrogen) atoms. The molecule has 82 valence electrons. The Balaban J connectivity index is 2.01. The van der Waals surface area contributed by atoms with Crippen molar-refractivity contribution in [3.05, 3.63) is 71.8 Å². The molecule has 2 rings (SSSR count). The molecular weight excluding hydrogens is 192 g/mol. The molecule has 0 fully saturated rings. The smallest absolute Gasteiger partial charge is 0.0316 e. The van der Waals surface area contributed by atoms with Crippen molar-refractivity contribution < 1.29 is 4.11 Å². The van der Waals surface area contributed by atoms with Gasteiger partial charge in [-0.15, -0.1) is 0 Å². The van der Waals surface area contributed by atoms with Crippen molar-refractivity contribution in [1.29, 1.82) is 0 Å². The van der Waals surface area contributed by atoms with Gasteiger partial charge >= 0.3 is 0 Å². The average molecular weight is 213 g/mol. The van der Waals surface area contributed by atoms with Crippen molar-refractivity contribution in [2.45, 2.75) is 25.6 Å². The third-order valence-corrected chi connectivity index (χ3v) is 2.42. The molecule has 0 aliphatic carbocycles. The minimum Gasteiger partial charge on any atom is -0.0622 e. The molecule has 0 N–H and O–H groups in total. The van der Waals surface area contributed by atoms with Gasteiger partial charge in [0, 0.05) is 4.11 Å². The summed E-state index contributed by atoms with van der Waals surface area (Å²) < 4.78 is 24.3. The molecule has 0 aromatic heterocycles. The van der Waals surface area contributed by atoms with E-state index in [1.54, 1.807) is 0 Å². The van der Waals surface area contributed by atoms with Crippen molar-refractivity contribution in [1.82, 2.24) is 0 Å². The molecule has 2 aromatic carbocycles. The molecule has 0 nitrogen and oxygen atoms in total. The van der Waals surface area contributed by atoms with Crippen molar-refractivity contribution >= 4 is 0 Å². The Morgan fingerprint density at radius 1 is 0.688 bits per heavy atom. The Labute approximate surface area is 102 Å². The Morgan fingerprint density at radius 2 is 1.25 bits per heavy atom. The van der Waals surface area contributed by atoms with Crippen LogP contribution in [0.15, 0.2) is 60.7 Å². The van der Waals surface area contributed by atoms with Crippen LogP contribution in [-0.4, -0.2) is 0 Å². The van der Waals surface area contributed by atoms with E-state index in [0.29, 0.717) is 6.42 Å². The Bertz CT molecular complexity index is 484.